The van der Waals surface area contributed by atoms with Crippen LogP contribution >= 0.6 is 15.9 Å². The van der Waals surface area contributed by atoms with Crippen LogP contribution in [-0.4, -0.2) is 18.0 Å². The number of rotatable bonds is 5. The number of oxazole rings is 1. The maximum absolute atomic E-state index is 12.2. The zero-order chi connectivity index (χ0) is 20.2. The molecule has 0 aliphatic heterocycles. The first kappa shape index (κ1) is 19.0. The van der Waals surface area contributed by atoms with Crippen LogP contribution in [0, 0.1) is 0 Å². The number of carbonyl (C=O) groups is 1. The molecule has 0 saturated carbocycles. The summed E-state index contributed by atoms with van der Waals surface area (Å²) in [5, 5.41) is 2.85. The molecule has 5 nitrogen and oxygen atoms in total. The summed E-state index contributed by atoms with van der Waals surface area (Å²) in [6.07, 6.45) is 3.23. The molecule has 1 amide bonds. The summed E-state index contributed by atoms with van der Waals surface area (Å²) in [6.45, 7) is 0. The largest absolute Gasteiger partial charge is 0.497 e. The van der Waals surface area contributed by atoms with Crippen LogP contribution in [0.2, 0.25) is 0 Å². The number of benzene rings is 3. The van der Waals surface area contributed by atoms with Gasteiger partial charge in [0.1, 0.15) is 11.3 Å². The first-order chi connectivity index (χ1) is 14.1. The van der Waals surface area contributed by atoms with Crippen LogP contribution in [-0.2, 0) is 4.79 Å². The number of halogens is 1. The van der Waals surface area contributed by atoms with Crippen LogP contribution in [0.15, 0.2) is 81.7 Å². The number of ether oxygens (including phenoxy) is 1. The molecule has 0 radical (unpaired) electrons. The second-order valence-corrected chi connectivity index (χ2v) is 7.13. The summed E-state index contributed by atoms with van der Waals surface area (Å²) in [7, 11) is 1.62. The molecule has 29 heavy (non-hydrogen) atoms. The van der Waals surface area contributed by atoms with E-state index >= 15 is 0 Å². The maximum Gasteiger partial charge on any atom is 0.248 e. The molecule has 0 spiro atoms. The van der Waals surface area contributed by atoms with Gasteiger partial charge in [-0.25, -0.2) is 4.98 Å². The van der Waals surface area contributed by atoms with E-state index in [2.05, 4.69) is 26.2 Å². The van der Waals surface area contributed by atoms with Crippen molar-refractivity contribution in [2.75, 3.05) is 12.4 Å². The topological polar surface area (TPSA) is 64.4 Å². The standard InChI is InChI=1S/C23H17BrN2O3/c1-28-17-10-6-15(7-11-17)8-13-22(27)25-16-9-12-21-20(14-16)26-23(29-21)18-4-2-3-5-19(18)24/h2-14H,1H3,(H,25,27)/b13-8-. The van der Waals surface area contributed by atoms with Crippen LogP contribution in [0.1, 0.15) is 5.56 Å². The molecule has 0 fully saturated rings. The Kier molecular flexibility index (Phi) is 5.44. The van der Waals surface area contributed by atoms with Crippen molar-refractivity contribution in [2.45, 2.75) is 0 Å². The fraction of sp³-hybridized carbons (Fsp3) is 0.0435. The first-order valence-electron chi connectivity index (χ1n) is 8.91. The number of carbonyl (C=O) groups excluding carboxylic acids is 1. The van der Waals surface area contributed by atoms with E-state index in [0.717, 1.165) is 21.3 Å². The van der Waals surface area contributed by atoms with Gasteiger partial charge in [0, 0.05) is 16.2 Å². The second-order valence-electron chi connectivity index (χ2n) is 6.28. The van der Waals surface area contributed by atoms with Gasteiger partial charge in [-0.1, -0.05) is 24.3 Å². The lowest BCUT2D eigenvalue weighted by Gasteiger charge is -2.02. The molecule has 6 heteroatoms. The fourth-order valence-electron chi connectivity index (χ4n) is 2.83. The third kappa shape index (κ3) is 4.38. The van der Waals surface area contributed by atoms with Gasteiger partial charge in [0.25, 0.3) is 0 Å². The normalized spacial score (nSPS) is 11.1. The summed E-state index contributed by atoms with van der Waals surface area (Å²) in [4.78, 5) is 16.8. The Balaban J connectivity index is 1.49. The molecule has 1 N–H and O–H groups in total. The Bertz CT molecular complexity index is 1200. The Labute approximate surface area is 176 Å². The van der Waals surface area contributed by atoms with E-state index < -0.39 is 0 Å². The number of aromatic nitrogens is 1. The Morgan fingerprint density at radius 1 is 1.10 bits per heavy atom. The van der Waals surface area contributed by atoms with E-state index in [-0.39, 0.29) is 5.91 Å². The molecule has 0 aliphatic rings. The molecular formula is C23H17BrN2O3. The molecule has 0 unspecified atom stereocenters. The number of methoxy groups -OCH3 is 1. The van der Waals surface area contributed by atoms with E-state index in [0.29, 0.717) is 22.7 Å². The highest BCUT2D eigenvalue weighted by molar-refractivity contribution is 9.10. The van der Waals surface area contributed by atoms with Gasteiger partial charge in [-0.2, -0.15) is 0 Å². The molecule has 4 rings (SSSR count). The van der Waals surface area contributed by atoms with Gasteiger partial charge in [-0.3, -0.25) is 4.79 Å². The van der Waals surface area contributed by atoms with Crippen molar-refractivity contribution < 1.29 is 13.9 Å². The molecule has 144 valence electrons. The average molecular weight is 449 g/mol. The SMILES string of the molecule is COc1ccc(/C=C\C(=O)Nc2ccc3oc(-c4ccccc4Br)nc3c2)cc1. The van der Waals surface area contributed by atoms with E-state index in [1.54, 1.807) is 31.4 Å². The van der Waals surface area contributed by atoms with Crippen LogP contribution in [0.25, 0.3) is 28.6 Å². The minimum absolute atomic E-state index is 0.227. The third-order valence-electron chi connectivity index (χ3n) is 4.30. The average Bonchev–Trinajstić information content (AvgIpc) is 3.16. The highest BCUT2D eigenvalue weighted by Crippen LogP contribution is 2.30. The van der Waals surface area contributed by atoms with Crippen LogP contribution in [0.3, 0.4) is 0 Å². The zero-order valence-electron chi connectivity index (χ0n) is 15.6. The third-order valence-corrected chi connectivity index (χ3v) is 4.99. The minimum Gasteiger partial charge on any atom is -0.497 e. The summed E-state index contributed by atoms with van der Waals surface area (Å²) in [5.41, 5.74) is 3.76. The van der Waals surface area contributed by atoms with Gasteiger partial charge in [-0.15, -0.1) is 0 Å². The fourth-order valence-corrected chi connectivity index (χ4v) is 3.28. The highest BCUT2D eigenvalue weighted by atomic mass is 79.9. The van der Waals surface area contributed by atoms with Gasteiger partial charge in [0.05, 0.1) is 12.7 Å². The second kappa shape index (κ2) is 8.32. The van der Waals surface area contributed by atoms with Crippen molar-refractivity contribution in [1.82, 2.24) is 4.98 Å². The number of anilines is 1. The summed E-state index contributed by atoms with van der Waals surface area (Å²) < 4.78 is 11.9. The van der Waals surface area contributed by atoms with Gasteiger partial charge in [0.15, 0.2) is 5.58 Å². The molecule has 0 aliphatic carbocycles. The smallest absolute Gasteiger partial charge is 0.248 e. The predicted molar refractivity (Wildman–Crippen MR) is 118 cm³/mol. The lowest BCUT2D eigenvalue weighted by molar-refractivity contribution is -0.111. The number of hydrogen-bond acceptors (Lipinski definition) is 4. The number of fused-ring (bicyclic) bond motifs is 1. The lowest BCUT2D eigenvalue weighted by atomic mass is 10.2. The molecule has 0 saturated heterocycles. The highest BCUT2D eigenvalue weighted by Gasteiger charge is 2.11. The van der Waals surface area contributed by atoms with Crippen LogP contribution in [0.5, 0.6) is 5.75 Å². The van der Waals surface area contributed by atoms with E-state index in [1.807, 2.05) is 48.5 Å². The Hall–Kier alpha value is -3.38. The Morgan fingerprint density at radius 2 is 1.90 bits per heavy atom. The van der Waals surface area contributed by atoms with Crippen LogP contribution < -0.4 is 10.1 Å². The summed E-state index contributed by atoms with van der Waals surface area (Å²) in [6, 6.07) is 20.6. The van der Waals surface area contributed by atoms with Gasteiger partial charge < -0.3 is 14.5 Å². The lowest BCUT2D eigenvalue weighted by Crippen LogP contribution is -2.07. The Morgan fingerprint density at radius 3 is 2.66 bits per heavy atom. The molecular weight excluding hydrogens is 432 g/mol. The van der Waals surface area contributed by atoms with Gasteiger partial charge >= 0.3 is 0 Å². The van der Waals surface area contributed by atoms with Gasteiger partial charge in [0.2, 0.25) is 11.8 Å². The molecule has 0 bridgehead atoms. The zero-order valence-corrected chi connectivity index (χ0v) is 17.1. The number of hydrogen-bond donors (Lipinski definition) is 1. The maximum atomic E-state index is 12.2. The van der Waals surface area contributed by atoms with E-state index in [9.17, 15) is 4.79 Å². The van der Waals surface area contributed by atoms with E-state index in [4.69, 9.17) is 9.15 Å². The van der Waals surface area contributed by atoms with Crippen molar-refractivity contribution in [3.05, 3.63) is 82.8 Å². The number of nitrogens with one attached hydrogen (secondary N) is 1. The first-order valence-corrected chi connectivity index (χ1v) is 9.70. The monoisotopic (exact) mass is 448 g/mol. The molecule has 0 atom stereocenters. The quantitative estimate of drug-likeness (QED) is 0.385. The van der Waals surface area contributed by atoms with Crippen LogP contribution in [0.4, 0.5) is 5.69 Å². The molecule has 4 aromatic rings. The van der Waals surface area contributed by atoms with Crippen molar-refractivity contribution >= 4 is 44.7 Å². The number of amides is 1. The minimum atomic E-state index is -0.227. The van der Waals surface area contributed by atoms with Crippen molar-refractivity contribution in [1.29, 1.82) is 0 Å². The molecule has 3 aromatic carbocycles. The van der Waals surface area contributed by atoms with E-state index in [1.165, 1.54) is 6.08 Å². The predicted octanol–water partition coefficient (Wildman–Crippen LogP) is 5.92. The molecule has 1 aromatic heterocycles. The van der Waals surface area contributed by atoms with Crippen molar-refractivity contribution in [3.8, 4) is 17.2 Å². The molecule has 1 heterocycles. The number of nitrogens with zero attached hydrogens (tertiary/aromatic N) is 1. The summed E-state index contributed by atoms with van der Waals surface area (Å²) >= 11 is 3.51. The summed E-state index contributed by atoms with van der Waals surface area (Å²) in [5.74, 6) is 1.07. The van der Waals surface area contributed by atoms with Crippen molar-refractivity contribution in [3.63, 3.8) is 0 Å². The van der Waals surface area contributed by atoms with Gasteiger partial charge in [-0.05, 0) is 70.0 Å². The van der Waals surface area contributed by atoms with Crippen molar-refractivity contribution in [2.24, 2.45) is 0 Å².